The molecule has 28 heavy (non-hydrogen) atoms. The number of aliphatic hydroxyl groups is 1. The van der Waals surface area contributed by atoms with Gasteiger partial charge in [0.15, 0.2) is 0 Å². The van der Waals surface area contributed by atoms with Crippen molar-refractivity contribution < 1.29 is 5.11 Å². The Balaban J connectivity index is 1.65. The fourth-order valence-electron chi connectivity index (χ4n) is 3.19. The van der Waals surface area contributed by atoms with Crippen LogP contribution in [0.4, 0.5) is 0 Å². The summed E-state index contributed by atoms with van der Waals surface area (Å²) in [6, 6.07) is 21.6. The van der Waals surface area contributed by atoms with Crippen LogP contribution in [0.15, 0.2) is 85.0 Å². The van der Waals surface area contributed by atoms with Crippen molar-refractivity contribution in [2.75, 3.05) is 6.61 Å². The molecule has 1 unspecified atom stereocenters. The summed E-state index contributed by atoms with van der Waals surface area (Å²) in [5, 5.41) is 12.7. The van der Waals surface area contributed by atoms with Crippen molar-refractivity contribution in [3.8, 4) is 0 Å². The predicted molar refractivity (Wildman–Crippen MR) is 120 cm³/mol. The first-order valence-electron chi connectivity index (χ1n) is 10.6. The lowest BCUT2D eigenvalue weighted by Gasteiger charge is -2.17. The van der Waals surface area contributed by atoms with Crippen LogP contribution in [0.25, 0.3) is 0 Å². The van der Waals surface area contributed by atoms with Crippen LogP contribution in [0.1, 0.15) is 49.7 Å². The van der Waals surface area contributed by atoms with Gasteiger partial charge in [-0.15, -0.1) is 0 Å². The van der Waals surface area contributed by atoms with Crippen molar-refractivity contribution in [1.29, 1.82) is 0 Å². The van der Waals surface area contributed by atoms with Crippen molar-refractivity contribution in [3.63, 3.8) is 0 Å². The van der Waals surface area contributed by atoms with Crippen LogP contribution in [0.2, 0.25) is 0 Å². The summed E-state index contributed by atoms with van der Waals surface area (Å²) in [4.78, 5) is 0. The molecule has 2 heteroatoms. The average molecular weight is 378 g/mol. The van der Waals surface area contributed by atoms with E-state index in [2.05, 4.69) is 90.3 Å². The Kier molecular flexibility index (Phi) is 11.7. The van der Waals surface area contributed by atoms with Gasteiger partial charge in [-0.2, -0.15) is 0 Å². The van der Waals surface area contributed by atoms with Crippen LogP contribution < -0.4 is 5.32 Å². The van der Waals surface area contributed by atoms with Gasteiger partial charge in [0.25, 0.3) is 0 Å². The second-order valence-electron chi connectivity index (χ2n) is 7.23. The van der Waals surface area contributed by atoms with Crippen LogP contribution in [-0.4, -0.2) is 17.8 Å². The first-order valence-corrected chi connectivity index (χ1v) is 10.6. The number of hydrogen-bond donors (Lipinski definition) is 2. The molecule has 0 aromatic heterocycles. The molecule has 2 aromatic carbocycles. The molecular formula is C26H35NO. The van der Waals surface area contributed by atoms with Crippen LogP contribution >= 0.6 is 0 Å². The minimum atomic E-state index is 0.288. The number of rotatable bonds is 14. The van der Waals surface area contributed by atoms with E-state index in [4.69, 9.17) is 5.11 Å². The molecule has 0 saturated carbocycles. The van der Waals surface area contributed by atoms with E-state index >= 15 is 0 Å². The summed E-state index contributed by atoms with van der Waals surface area (Å²) in [5.41, 5.74) is 2.69. The second-order valence-corrected chi connectivity index (χ2v) is 7.23. The van der Waals surface area contributed by atoms with E-state index in [0.29, 0.717) is 6.04 Å². The van der Waals surface area contributed by atoms with Crippen LogP contribution in [-0.2, 0) is 13.0 Å². The number of hydrogen-bond acceptors (Lipinski definition) is 2. The van der Waals surface area contributed by atoms with Gasteiger partial charge in [-0.05, 0) is 56.1 Å². The van der Waals surface area contributed by atoms with E-state index in [1.807, 2.05) is 0 Å². The zero-order valence-electron chi connectivity index (χ0n) is 17.0. The molecule has 0 aliphatic rings. The normalized spacial score (nSPS) is 12.8. The van der Waals surface area contributed by atoms with Crippen molar-refractivity contribution in [2.45, 2.75) is 57.5 Å². The Morgan fingerprint density at radius 1 is 0.750 bits per heavy atom. The highest BCUT2D eigenvalue weighted by atomic mass is 16.2. The molecule has 0 radical (unpaired) electrons. The zero-order valence-corrected chi connectivity index (χ0v) is 17.0. The Hall–Kier alpha value is -2.16. The summed E-state index contributed by atoms with van der Waals surface area (Å²) in [6.07, 6.45) is 16.5. The average Bonchev–Trinajstić information content (AvgIpc) is 2.75. The lowest BCUT2D eigenvalue weighted by Crippen LogP contribution is -2.28. The lowest BCUT2D eigenvalue weighted by molar-refractivity contribution is 0.279. The SMILES string of the molecule is OCCCCC(C/C=C/CC/C=C/Cc1ccccc1)NCc1ccccc1. The molecule has 1 atom stereocenters. The molecule has 2 nitrogen and oxygen atoms in total. The smallest absolute Gasteiger partial charge is 0.0431 e. The number of aliphatic hydroxyl groups excluding tert-OH is 1. The maximum absolute atomic E-state index is 9.04. The number of allylic oxidation sites excluding steroid dienone is 3. The highest BCUT2D eigenvalue weighted by Gasteiger charge is 2.06. The maximum Gasteiger partial charge on any atom is 0.0431 e. The largest absolute Gasteiger partial charge is 0.396 e. The third-order valence-corrected chi connectivity index (χ3v) is 4.85. The topological polar surface area (TPSA) is 32.3 Å². The first-order chi connectivity index (χ1) is 13.9. The van der Waals surface area contributed by atoms with Crippen molar-refractivity contribution >= 4 is 0 Å². The summed E-state index contributed by atoms with van der Waals surface area (Å²) in [7, 11) is 0. The molecular weight excluding hydrogens is 342 g/mol. The van der Waals surface area contributed by atoms with E-state index in [1.165, 1.54) is 11.1 Å². The number of unbranched alkanes of at least 4 members (excludes halogenated alkanes) is 2. The number of nitrogens with one attached hydrogen (secondary N) is 1. The molecule has 2 N–H and O–H groups in total. The summed E-state index contributed by atoms with van der Waals surface area (Å²) < 4.78 is 0. The standard InChI is InChI=1S/C26H35NO/c28-22-14-13-21-26(27-23-25-18-10-6-11-19-25)20-12-4-2-1-3-7-15-24-16-8-5-9-17-24/h3-12,16-19,26-28H,1-2,13-15,20-23H2/b7-3+,12-4+. The molecule has 150 valence electrons. The Bertz CT molecular complexity index is 663. The third kappa shape index (κ3) is 10.2. The Labute approximate surface area is 171 Å². The molecule has 0 aliphatic heterocycles. The first kappa shape index (κ1) is 22.1. The van der Waals surface area contributed by atoms with Gasteiger partial charge in [0.2, 0.25) is 0 Å². The highest BCUT2D eigenvalue weighted by molar-refractivity contribution is 5.17. The van der Waals surface area contributed by atoms with Gasteiger partial charge in [-0.1, -0.05) is 85.0 Å². The van der Waals surface area contributed by atoms with E-state index < -0.39 is 0 Å². The molecule has 0 spiro atoms. The maximum atomic E-state index is 9.04. The van der Waals surface area contributed by atoms with Crippen molar-refractivity contribution in [1.82, 2.24) is 5.32 Å². The highest BCUT2D eigenvalue weighted by Crippen LogP contribution is 2.09. The van der Waals surface area contributed by atoms with Gasteiger partial charge in [0, 0.05) is 19.2 Å². The Morgan fingerprint density at radius 2 is 1.39 bits per heavy atom. The van der Waals surface area contributed by atoms with E-state index in [-0.39, 0.29) is 6.61 Å². The Morgan fingerprint density at radius 3 is 2.07 bits per heavy atom. The fraction of sp³-hybridized carbons (Fsp3) is 0.385. The molecule has 0 aliphatic carbocycles. The predicted octanol–water partition coefficient (Wildman–Crippen LogP) is 5.83. The quantitative estimate of drug-likeness (QED) is 0.320. The summed E-state index contributed by atoms with van der Waals surface area (Å²) >= 11 is 0. The van der Waals surface area contributed by atoms with Gasteiger partial charge in [0.1, 0.15) is 0 Å². The molecule has 0 heterocycles. The molecule has 2 aromatic rings. The monoisotopic (exact) mass is 377 g/mol. The van der Waals surface area contributed by atoms with Crippen molar-refractivity contribution in [2.24, 2.45) is 0 Å². The minimum absolute atomic E-state index is 0.288. The van der Waals surface area contributed by atoms with Crippen molar-refractivity contribution in [3.05, 3.63) is 96.1 Å². The van der Waals surface area contributed by atoms with Gasteiger partial charge in [-0.3, -0.25) is 0 Å². The van der Waals surface area contributed by atoms with Gasteiger partial charge in [0.05, 0.1) is 0 Å². The molecule has 0 amide bonds. The second kappa shape index (κ2) is 14.8. The van der Waals surface area contributed by atoms with Crippen LogP contribution in [0, 0.1) is 0 Å². The van der Waals surface area contributed by atoms with Gasteiger partial charge >= 0.3 is 0 Å². The summed E-state index contributed by atoms with van der Waals surface area (Å²) in [6.45, 7) is 1.19. The number of benzene rings is 2. The third-order valence-electron chi connectivity index (χ3n) is 4.85. The van der Waals surface area contributed by atoms with E-state index in [1.54, 1.807) is 0 Å². The molecule has 0 saturated heterocycles. The zero-order chi connectivity index (χ0) is 19.7. The molecule has 0 fully saturated rings. The van der Waals surface area contributed by atoms with E-state index in [9.17, 15) is 0 Å². The summed E-state index contributed by atoms with van der Waals surface area (Å²) in [5.74, 6) is 0. The van der Waals surface area contributed by atoms with E-state index in [0.717, 1.165) is 51.5 Å². The minimum Gasteiger partial charge on any atom is -0.396 e. The van der Waals surface area contributed by atoms with Crippen LogP contribution in [0.5, 0.6) is 0 Å². The lowest BCUT2D eigenvalue weighted by atomic mass is 10.0. The fourth-order valence-corrected chi connectivity index (χ4v) is 3.19. The van der Waals surface area contributed by atoms with Gasteiger partial charge in [-0.25, -0.2) is 0 Å². The van der Waals surface area contributed by atoms with Crippen LogP contribution in [0.3, 0.4) is 0 Å². The molecule has 0 bridgehead atoms. The molecule has 2 rings (SSSR count). The van der Waals surface area contributed by atoms with Gasteiger partial charge < -0.3 is 10.4 Å².